The molecule has 0 spiro atoms. The summed E-state index contributed by atoms with van der Waals surface area (Å²) in [5.74, 6) is 0.740. The van der Waals surface area contributed by atoms with Gasteiger partial charge in [-0.1, -0.05) is 32.0 Å². The van der Waals surface area contributed by atoms with Crippen LogP contribution in [0.1, 0.15) is 20.3 Å². The van der Waals surface area contributed by atoms with E-state index in [1.807, 2.05) is 32.0 Å². The molecule has 0 heterocycles. The topological polar surface area (TPSA) is 26.3 Å². The van der Waals surface area contributed by atoms with Crippen molar-refractivity contribution in [2.45, 2.75) is 25.2 Å². The van der Waals surface area contributed by atoms with Gasteiger partial charge in [0.2, 0.25) is 0 Å². The minimum atomic E-state index is -0.0869. The first-order chi connectivity index (χ1) is 7.74. The summed E-state index contributed by atoms with van der Waals surface area (Å²) >= 11 is 1.70. The van der Waals surface area contributed by atoms with Crippen LogP contribution in [0.5, 0.6) is 0 Å². The molecular weight excluding hydrogens is 220 g/mol. The van der Waals surface area contributed by atoms with E-state index < -0.39 is 0 Å². The Balaban J connectivity index is 2.15. The minimum Gasteiger partial charge on any atom is -0.465 e. The van der Waals surface area contributed by atoms with Gasteiger partial charge in [-0.15, -0.1) is 11.8 Å². The monoisotopic (exact) mass is 238 g/mol. The third-order valence-corrected chi connectivity index (χ3v) is 3.33. The number of thioether (sulfide) groups is 1. The number of esters is 1. The standard InChI is InChI=1S/C13H18O2S/c1-3-11(2)13(14)15-9-10-16-12-7-5-4-6-8-12/h4-8,11H,3,9-10H2,1-2H3. The molecule has 2 nitrogen and oxygen atoms in total. The molecule has 0 saturated carbocycles. The summed E-state index contributed by atoms with van der Waals surface area (Å²) in [5, 5.41) is 0. The van der Waals surface area contributed by atoms with Gasteiger partial charge >= 0.3 is 5.97 Å². The number of rotatable bonds is 6. The van der Waals surface area contributed by atoms with Crippen LogP contribution in [0.4, 0.5) is 0 Å². The summed E-state index contributed by atoms with van der Waals surface area (Å²) < 4.78 is 5.16. The number of benzene rings is 1. The van der Waals surface area contributed by atoms with Gasteiger partial charge in [-0.05, 0) is 18.6 Å². The van der Waals surface area contributed by atoms with Crippen LogP contribution in [-0.4, -0.2) is 18.3 Å². The van der Waals surface area contributed by atoms with Crippen molar-refractivity contribution in [3.8, 4) is 0 Å². The van der Waals surface area contributed by atoms with Crippen LogP contribution in [0, 0.1) is 5.92 Å². The van der Waals surface area contributed by atoms with Crippen LogP contribution in [-0.2, 0) is 9.53 Å². The highest BCUT2D eigenvalue weighted by Crippen LogP contribution is 2.16. The molecule has 0 aliphatic rings. The van der Waals surface area contributed by atoms with E-state index in [2.05, 4.69) is 12.1 Å². The molecule has 0 amide bonds. The van der Waals surface area contributed by atoms with Crippen molar-refractivity contribution in [2.75, 3.05) is 12.4 Å². The van der Waals surface area contributed by atoms with Gasteiger partial charge in [0.1, 0.15) is 6.61 Å². The predicted molar refractivity (Wildman–Crippen MR) is 67.6 cm³/mol. The predicted octanol–water partition coefficient (Wildman–Crippen LogP) is 3.37. The third kappa shape index (κ3) is 4.71. The molecule has 16 heavy (non-hydrogen) atoms. The van der Waals surface area contributed by atoms with Crippen molar-refractivity contribution in [1.29, 1.82) is 0 Å². The fourth-order valence-corrected chi connectivity index (χ4v) is 1.88. The number of ether oxygens (including phenoxy) is 1. The van der Waals surface area contributed by atoms with Crippen molar-refractivity contribution in [2.24, 2.45) is 5.92 Å². The Kier molecular flexibility index (Phi) is 6.01. The number of hydrogen-bond donors (Lipinski definition) is 0. The highest BCUT2D eigenvalue weighted by atomic mass is 32.2. The number of carbonyl (C=O) groups excluding carboxylic acids is 1. The molecule has 0 fully saturated rings. The Morgan fingerprint density at radius 2 is 2.06 bits per heavy atom. The van der Waals surface area contributed by atoms with Gasteiger partial charge < -0.3 is 4.74 Å². The lowest BCUT2D eigenvalue weighted by atomic mass is 10.1. The maximum Gasteiger partial charge on any atom is 0.308 e. The fourth-order valence-electron chi connectivity index (χ4n) is 1.13. The first-order valence-corrected chi connectivity index (χ1v) is 6.57. The van der Waals surface area contributed by atoms with E-state index in [1.54, 1.807) is 11.8 Å². The Morgan fingerprint density at radius 3 is 2.69 bits per heavy atom. The van der Waals surface area contributed by atoms with Gasteiger partial charge in [0, 0.05) is 10.6 Å². The van der Waals surface area contributed by atoms with Crippen molar-refractivity contribution in [3.05, 3.63) is 30.3 Å². The van der Waals surface area contributed by atoms with Crippen LogP contribution in [0.2, 0.25) is 0 Å². The second kappa shape index (κ2) is 7.34. The molecule has 1 unspecified atom stereocenters. The summed E-state index contributed by atoms with van der Waals surface area (Å²) in [7, 11) is 0. The SMILES string of the molecule is CCC(C)C(=O)OCCSc1ccccc1. The Bertz CT molecular complexity index is 311. The van der Waals surface area contributed by atoms with Crippen LogP contribution in [0.15, 0.2) is 35.2 Å². The van der Waals surface area contributed by atoms with Crippen LogP contribution in [0.3, 0.4) is 0 Å². The molecule has 1 atom stereocenters. The Morgan fingerprint density at radius 1 is 1.38 bits per heavy atom. The van der Waals surface area contributed by atoms with E-state index in [1.165, 1.54) is 4.90 Å². The lowest BCUT2D eigenvalue weighted by Gasteiger charge is -2.08. The van der Waals surface area contributed by atoms with E-state index in [0.29, 0.717) is 6.61 Å². The zero-order valence-corrected chi connectivity index (χ0v) is 10.6. The second-order valence-electron chi connectivity index (χ2n) is 3.64. The maximum absolute atomic E-state index is 11.4. The van der Waals surface area contributed by atoms with E-state index >= 15 is 0 Å². The lowest BCUT2D eigenvalue weighted by Crippen LogP contribution is -2.15. The molecule has 0 bridgehead atoms. The van der Waals surface area contributed by atoms with Gasteiger partial charge in [-0.25, -0.2) is 0 Å². The van der Waals surface area contributed by atoms with Crippen LogP contribution < -0.4 is 0 Å². The molecule has 0 N–H and O–H groups in total. The number of carbonyl (C=O) groups is 1. The molecule has 1 aromatic rings. The first kappa shape index (κ1) is 13.1. The summed E-state index contributed by atoms with van der Waals surface area (Å²) in [6.07, 6.45) is 0.838. The first-order valence-electron chi connectivity index (χ1n) is 5.58. The van der Waals surface area contributed by atoms with Gasteiger partial charge in [0.05, 0.1) is 5.92 Å². The molecular formula is C13H18O2S. The quantitative estimate of drug-likeness (QED) is 0.432. The molecule has 0 aromatic heterocycles. The van der Waals surface area contributed by atoms with Crippen molar-refractivity contribution in [1.82, 2.24) is 0 Å². The van der Waals surface area contributed by atoms with E-state index in [-0.39, 0.29) is 11.9 Å². The molecule has 3 heteroatoms. The van der Waals surface area contributed by atoms with Crippen molar-refractivity contribution in [3.63, 3.8) is 0 Å². The average molecular weight is 238 g/mol. The Labute approximate surface area is 101 Å². The molecule has 1 aromatic carbocycles. The van der Waals surface area contributed by atoms with E-state index in [4.69, 9.17) is 4.74 Å². The summed E-state index contributed by atoms with van der Waals surface area (Å²) in [4.78, 5) is 12.6. The Hall–Kier alpha value is -0.960. The van der Waals surface area contributed by atoms with Gasteiger partial charge in [0.25, 0.3) is 0 Å². The highest BCUT2D eigenvalue weighted by molar-refractivity contribution is 7.99. The molecule has 0 aliphatic heterocycles. The third-order valence-electron chi connectivity index (χ3n) is 2.35. The summed E-state index contributed by atoms with van der Waals surface area (Å²) in [6, 6.07) is 10.1. The largest absolute Gasteiger partial charge is 0.465 e. The molecule has 88 valence electrons. The lowest BCUT2D eigenvalue weighted by molar-refractivity contribution is -0.147. The normalized spacial score (nSPS) is 12.1. The zero-order chi connectivity index (χ0) is 11.8. The second-order valence-corrected chi connectivity index (χ2v) is 4.81. The van der Waals surface area contributed by atoms with Crippen molar-refractivity contribution >= 4 is 17.7 Å². The van der Waals surface area contributed by atoms with Crippen LogP contribution in [0.25, 0.3) is 0 Å². The molecule has 0 radical (unpaired) electrons. The van der Waals surface area contributed by atoms with Crippen molar-refractivity contribution < 1.29 is 9.53 Å². The van der Waals surface area contributed by atoms with Gasteiger partial charge in [-0.3, -0.25) is 4.79 Å². The molecule has 1 rings (SSSR count). The maximum atomic E-state index is 11.4. The highest BCUT2D eigenvalue weighted by Gasteiger charge is 2.10. The molecule has 0 aliphatic carbocycles. The fraction of sp³-hybridized carbons (Fsp3) is 0.462. The minimum absolute atomic E-state index is 0.0155. The number of hydrogen-bond acceptors (Lipinski definition) is 3. The van der Waals surface area contributed by atoms with E-state index in [9.17, 15) is 4.79 Å². The average Bonchev–Trinajstić information content (AvgIpc) is 2.34. The summed E-state index contributed by atoms with van der Waals surface area (Å²) in [5.41, 5.74) is 0. The smallest absolute Gasteiger partial charge is 0.308 e. The van der Waals surface area contributed by atoms with Crippen LogP contribution >= 0.6 is 11.8 Å². The van der Waals surface area contributed by atoms with Gasteiger partial charge in [-0.2, -0.15) is 0 Å². The zero-order valence-electron chi connectivity index (χ0n) is 9.81. The molecule has 0 saturated heterocycles. The van der Waals surface area contributed by atoms with E-state index in [0.717, 1.165) is 12.2 Å². The van der Waals surface area contributed by atoms with Gasteiger partial charge in [0.15, 0.2) is 0 Å². The summed E-state index contributed by atoms with van der Waals surface area (Å²) in [6.45, 7) is 4.38.